The first kappa shape index (κ1) is 30.0. The number of aromatic nitrogens is 2. The lowest BCUT2D eigenvalue weighted by atomic mass is 10.1. The van der Waals surface area contributed by atoms with Crippen molar-refractivity contribution in [3.05, 3.63) is 93.5 Å². The summed E-state index contributed by atoms with van der Waals surface area (Å²) in [6, 6.07) is 21.5. The van der Waals surface area contributed by atoms with Gasteiger partial charge in [-0.2, -0.15) is 0 Å². The van der Waals surface area contributed by atoms with Gasteiger partial charge in [-0.05, 0) is 71.6 Å². The second kappa shape index (κ2) is 13.6. The Hall–Kier alpha value is -3.98. The molecular formula is C31H40N6O3Si. The number of benzene rings is 2. The number of hydrogen-bond donors (Lipinski definition) is 0. The highest BCUT2D eigenvalue weighted by Gasteiger charge is 2.18. The Balaban J connectivity index is 1.70. The molecule has 2 aromatic carbocycles. The number of fused-ring (bicyclic) bond motifs is 1. The Morgan fingerprint density at radius 3 is 2.02 bits per heavy atom. The monoisotopic (exact) mass is 572 g/mol. The zero-order chi connectivity index (χ0) is 29.4. The smallest absolute Gasteiger partial charge is 0.132 e. The van der Waals surface area contributed by atoms with Crippen molar-refractivity contribution < 1.29 is 14.2 Å². The summed E-state index contributed by atoms with van der Waals surface area (Å²) in [5.41, 5.74) is 15.0. The predicted octanol–water partition coefficient (Wildman–Crippen LogP) is 7.69. The molecule has 0 aliphatic carbocycles. The van der Waals surface area contributed by atoms with E-state index in [0.29, 0.717) is 26.4 Å². The fourth-order valence-corrected chi connectivity index (χ4v) is 5.42. The summed E-state index contributed by atoms with van der Waals surface area (Å²) < 4.78 is 18.9. The standard InChI is InChI=1S/C31H40N6O3Si/c1-23-17-30-29(18-26(19-33-35-32)37(30)22-40-15-16-41(4,5)6)34-31(23)36(20-24-7-11-27(38-2)12-8-24)21-25-9-13-28(39-3)14-10-25/h7-14,17-18H,15-16,19-22H2,1-6H3. The van der Waals surface area contributed by atoms with Gasteiger partial charge in [-0.3, -0.25) is 0 Å². The van der Waals surface area contributed by atoms with Gasteiger partial charge >= 0.3 is 0 Å². The summed E-state index contributed by atoms with van der Waals surface area (Å²) in [5, 5.41) is 3.84. The van der Waals surface area contributed by atoms with Crippen molar-refractivity contribution >= 4 is 24.9 Å². The molecule has 9 nitrogen and oxygen atoms in total. The summed E-state index contributed by atoms with van der Waals surface area (Å²) in [7, 11) is 2.14. The molecular weight excluding hydrogens is 532 g/mol. The van der Waals surface area contributed by atoms with E-state index in [1.807, 2.05) is 30.3 Å². The normalized spacial score (nSPS) is 11.4. The highest BCUT2D eigenvalue weighted by molar-refractivity contribution is 6.76. The maximum Gasteiger partial charge on any atom is 0.132 e. The molecule has 4 aromatic rings. The van der Waals surface area contributed by atoms with E-state index >= 15 is 0 Å². The van der Waals surface area contributed by atoms with Crippen LogP contribution in [0.5, 0.6) is 11.5 Å². The van der Waals surface area contributed by atoms with Crippen LogP contribution >= 0.6 is 0 Å². The second-order valence-corrected chi connectivity index (χ2v) is 17.0. The molecule has 0 aliphatic heterocycles. The van der Waals surface area contributed by atoms with Crippen LogP contribution in [0.4, 0.5) is 5.82 Å². The van der Waals surface area contributed by atoms with Gasteiger partial charge in [-0.1, -0.05) is 49.0 Å². The van der Waals surface area contributed by atoms with Gasteiger partial charge in [-0.25, -0.2) is 4.98 Å². The van der Waals surface area contributed by atoms with E-state index in [1.165, 1.54) is 0 Å². The maximum absolute atomic E-state index is 8.99. The van der Waals surface area contributed by atoms with Crippen LogP contribution in [-0.4, -0.2) is 38.5 Å². The number of pyridine rings is 1. The molecule has 0 N–H and O–H groups in total. The molecule has 0 saturated heterocycles. The molecule has 2 aromatic heterocycles. The molecule has 0 spiro atoms. The van der Waals surface area contributed by atoms with Crippen LogP contribution in [-0.2, 0) is 31.1 Å². The molecule has 216 valence electrons. The van der Waals surface area contributed by atoms with E-state index in [9.17, 15) is 0 Å². The quantitative estimate of drug-likeness (QED) is 0.0507. The van der Waals surface area contributed by atoms with Crippen LogP contribution in [0, 0.1) is 6.92 Å². The van der Waals surface area contributed by atoms with Gasteiger partial charge in [0.1, 0.15) is 24.0 Å². The summed E-state index contributed by atoms with van der Waals surface area (Å²) in [6.07, 6.45) is 0. The van der Waals surface area contributed by atoms with E-state index in [1.54, 1.807) is 14.2 Å². The lowest BCUT2D eigenvalue weighted by Gasteiger charge is -2.26. The summed E-state index contributed by atoms with van der Waals surface area (Å²) in [6.45, 7) is 11.8. The van der Waals surface area contributed by atoms with Crippen molar-refractivity contribution in [1.29, 1.82) is 0 Å². The summed E-state index contributed by atoms with van der Waals surface area (Å²) in [5.74, 6) is 2.55. The van der Waals surface area contributed by atoms with E-state index in [2.05, 4.69) is 76.4 Å². The maximum atomic E-state index is 8.99. The molecule has 4 rings (SSSR count). The minimum absolute atomic E-state index is 0.236. The molecule has 0 atom stereocenters. The Morgan fingerprint density at radius 2 is 1.51 bits per heavy atom. The largest absolute Gasteiger partial charge is 0.497 e. The third kappa shape index (κ3) is 8.04. The number of anilines is 1. The average Bonchev–Trinajstić information content (AvgIpc) is 3.29. The molecule has 0 amide bonds. The molecule has 0 fully saturated rings. The van der Waals surface area contributed by atoms with Gasteiger partial charge in [0, 0.05) is 38.4 Å². The Bertz CT molecular complexity index is 1440. The first-order valence-corrected chi connectivity index (χ1v) is 17.5. The van der Waals surface area contributed by atoms with Gasteiger partial charge in [-0.15, -0.1) is 0 Å². The van der Waals surface area contributed by atoms with Gasteiger partial charge < -0.3 is 23.7 Å². The van der Waals surface area contributed by atoms with E-state index in [-0.39, 0.29) is 6.54 Å². The number of ether oxygens (including phenoxy) is 3. The topological polar surface area (TPSA) is 97.5 Å². The zero-order valence-corrected chi connectivity index (χ0v) is 25.9. The fourth-order valence-electron chi connectivity index (χ4n) is 4.67. The van der Waals surface area contributed by atoms with Gasteiger partial charge in [0.25, 0.3) is 0 Å². The van der Waals surface area contributed by atoms with Crippen LogP contribution in [0.15, 0.2) is 65.8 Å². The minimum Gasteiger partial charge on any atom is -0.497 e. The lowest BCUT2D eigenvalue weighted by Crippen LogP contribution is -2.24. The predicted molar refractivity (Wildman–Crippen MR) is 167 cm³/mol. The molecule has 0 radical (unpaired) electrons. The van der Waals surface area contributed by atoms with Crippen molar-refractivity contribution in [3.63, 3.8) is 0 Å². The third-order valence-corrected chi connectivity index (χ3v) is 8.72. The Labute approximate surface area is 243 Å². The van der Waals surface area contributed by atoms with Crippen molar-refractivity contribution in [1.82, 2.24) is 9.55 Å². The fraction of sp³-hybridized carbons (Fsp3) is 0.387. The highest BCUT2D eigenvalue weighted by atomic mass is 28.3. The SMILES string of the molecule is COc1ccc(CN(Cc2ccc(OC)cc2)c2nc3cc(CN=[N+]=[N-])n(COCC[Si](C)(C)C)c3cc2C)cc1. The molecule has 10 heteroatoms. The number of azide groups is 1. The van der Waals surface area contributed by atoms with E-state index in [4.69, 9.17) is 24.7 Å². The van der Waals surface area contributed by atoms with Crippen LogP contribution in [0.2, 0.25) is 25.7 Å². The third-order valence-electron chi connectivity index (χ3n) is 7.01. The molecule has 0 unspecified atom stereocenters. The first-order chi connectivity index (χ1) is 19.7. The molecule has 0 bridgehead atoms. The minimum atomic E-state index is -1.20. The van der Waals surface area contributed by atoms with Gasteiger partial charge in [0.2, 0.25) is 0 Å². The van der Waals surface area contributed by atoms with Crippen LogP contribution in [0.1, 0.15) is 22.4 Å². The van der Waals surface area contributed by atoms with Crippen LogP contribution < -0.4 is 14.4 Å². The first-order valence-electron chi connectivity index (χ1n) is 13.8. The molecule has 41 heavy (non-hydrogen) atoms. The van der Waals surface area contributed by atoms with Gasteiger partial charge in [0.15, 0.2) is 0 Å². The van der Waals surface area contributed by atoms with E-state index < -0.39 is 8.07 Å². The van der Waals surface area contributed by atoms with Crippen molar-refractivity contribution in [2.24, 2.45) is 5.11 Å². The van der Waals surface area contributed by atoms with E-state index in [0.717, 1.165) is 56.8 Å². The second-order valence-electron chi connectivity index (χ2n) is 11.4. The molecule has 2 heterocycles. The highest BCUT2D eigenvalue weighted by Crippen LogP contribution is 2.29. The summed E-state index contributed by atoms with van der Waals surface area (Å²) in [4.78, 5) is 10.4. The number of aryl methyl sites for hydroxylation is 1. The van der Waals surface area contributed by atoms with Crippen molar-refractivity contribution in [3.8, 4) is 11.5 Å². The number of hydrogen-bond acceptors (Lipinski definition) is 6. The number of nitrogens with zero attached hydrogens (tertiary/aromatic N) is 6. The molecule has 0 saturated carbocycles. The Morgan fingerprint density at radius 1 is 0.927 bits per heavy atom. The van der Waals surface area contributed by atoms with Crippen LogP contribution in [0.3, 0.4) is 0 Å². The van der Waals surface area contributed by atoms with Crippen molar-refractivity contribution in [2.45, 2.75) is 59.0 Å². The van der Waals surface area contributed by atoms with Crippen molar-refractivity contribution in [2.75, 3.05) is 25.7 Å². The average molecular weight is 573 g/mol. The lowest BCUT2D eigenvalue weighted by molar-refractivity contribution is 0.0885. The summed E-state index contributed by atoms with van der Waals surface area (Å²) >= 11 is 0. The van der Waals surface area contributed by atoms with Gasteiger partial charge in [0.05, 0.1) is 31.8 Å². The molecule has 0 aliphatic rings. The Kier molecular flexibility index (Phi) is 9.94. The van der Waals surface area contributed by atoms with Crippen LogP contribution in [0.25, 0.3) is 21.5 Å². The zero-order valence-electron chi connectivity index (χ0n) is 24.9. The number of methoxy groups -OCH3 is 2. The number of rotatable bonds is 14.